The zero-order valence-electron chi connectivity index (χ0n) is 16.0. The smallest absolute Gasteiger partial charge is 0.246 e. The molecular weight excluding hydrogens is 381 g/mol. The number of nitrogens with zero attached hydrogens (tertiary/aromatic N) is 3. The van der Waals surface area contributed by atoms with Crippen LogP contribution in [0, 0.1) is 5.82 Å². The van der Waals surface area contributed by atoms with Crippen molar-refractivity contribution >= 4 is 27.3 Å². The zero-order valence-corrected chi connectivity index (χ0v) is 16.8. The van der Waals surface area contributed by atoms with E-state index in [0.29, 0.717) is 26.2 Å². The first-order chi connectivity index (χ1) is 13.3. The van der Waals surface area contributed by atoms with Crippen molar-refractivity contribution in [1.29, 1.82) is 0 Å². The maximum absolute atomic E-state index is 13.2. The number of carbonyl (C=O) groups is 1. The van der Waals surface area contributed by atoms with E-state index in [1.54, 1.807) is 11.8 Å². The van der Waals surface area contributed by atoms with Crippen LogP contribution < -0.4 is 9.21 Å². The van der Waals surface area contributed by atoms with E-state index >= 15 is 0 Å². The summed E-state index contributed by atoms with van der Waals surface area (Å²) in [6.07, 6.45) is 1.05. The van der Waals surface area contributed by atoms with Crippen LogP contribution in [0.15, 0.2) is 54.6 Å². The van der Waals surface area contributed by atoms with Gasteiger partial charge in [-0.05, 0) is 43.3 Å². The third-order valence-electron chi connectivity index (χ3n) is 4.86. The van der Waals surface area contributed by atoms with Gasteiger partial charge in [0.1, 0.15) is 11.9 Å². The number of amides is 1. The number of halogens is 1. The van der Waals surface area contributed by atoms with Crippen molar-refractivity contribution in [1.82, 2.24) is 4.90 Å². The lowest BCUT2D eigenvalue weighted by molar-refractivity contribution is -0.132. The number of benzene rings is 2. The molecule has 1 aliphatic rings. The molecule has 1 aliphatic heterocycles. The van der Waals surface area contributed by atoms with Gasteiger partial charge in [0.2, 0.25) is 15.9 Å². The summed E-state index contributed by atoms with van der Waals surface area (Å²) in [6, 6.07) is 14.2. The van der Waals surface area contributed by atoms with E-state index in [1.165, 1.54) is 24.3 Å². The summed E-state index contributed by atoms with van der Waals surface area (Å²) in [5, 5.41) is 0. The van der Waals surface area contributed by atoms with Gasteiger partial charge in [-0.25, -0.2) is 12.8 Å². The van der Waals surface area contributed by atoms with Gasteiger partial charge in [-0.2, -0.15) is 0 Å². The van der Waals surface area contributed by atoms with E-state index in [2.05, 4.69) is 4.90 Å². The third kappa shape index (κ3) is 4.44. The average Bonchev–Trinajstić information content (AvgIpc) is 2.69. The van der Waals surface area contributed by atoms with Crippen molar-refractivity contribution in [2.45, 2.75) is 13.0 Å². The molecule has 8 heteroatoms. The summed E-state index contributed by atoms with van der Waals surface area (Å²) in [6.45, 7) is 3.95. The first-order valence-electron chi connectivity index (χ1n) is 9.11. The van der Waals surface area contributed by atoms with E-state index < -0.39 is 21.9 Å². The van der Waals surface area contributed by atoms with Crippen molar-refractivity contribution in [2.24, 2.45) is 0 Å². The highest BCUT2D eigenvalue weighted by molar-refractivity contribution is 7.92. The molecule has 6 nitrogen and oxygen atoms in total. The molecule has 0 aromatic heterocycles. The van der Waals surface area contributed by atoms with E-state index in [9.17, 15) is 17.6 Å². The number of anilines is 2. The van der Waals surface area contributed by atoms with Gasteiger partial charge in [-0.1, -0.05) is 18.2 Å². The number of hydrogen-bond acceptors (Lipinski definition) is 4. The van der Waals surface area contributed by atoms with E-state index in [1.807, 2.05) is 30.3 Å². The maximum Gasteiger partial charge on any atom is 0.246 e. The standard InChI is InChI=1S/C20H24FN3O3S/c1-16(24(28(2,26)27)19-10-8-17(21)9-11-19)20(25)23-14-12-22(13-15-23)18-6-4-3-5-7-18/h3-11,16H,12-15H2,1-2H3/t16-/m0/s1. The van der Waals surface area contributed by atoms with Crippen LogP contribution in [0.1, 0.15) is 6.92 Å². The fraction of sp³-hybridized carbons (Fsp3) is 0.350. The van der Waals surface area contributed by atoms with Gasteiger partial charge >= 0.3 is 0 Å². The summed E-state index contributed by atoms with van der Waals surface area (Å²) in [7, 11) is -3.71. The highest BCUT2D eigenvalue weighted by Gasteiger charge is 2.33. The van der Waals surface area contributed by atoms with E-state index in [-0.39, 0.29) is 11.6 Å². The van der Waals surface area contributed by atoms with Crippen LogP contribution in [0.5, 0.6) is 0 Å². The van der Waals surface area contributed by atoms with Crippen molar-refractivity contribution in [3.8, 4) is 0 Å². The van der Waals surface area contributed by atoms with Crippen LogP contribution in [-0.4, -0.2) is 57.7 Å². The molecule has 0 aliphatic carbocycles. The fourth-order valence-electron chi connectivity index (χ4n) is 3.48. The van der Waals surface area contributed by atoms with Crippen LogP contribution >= 0.6 is 0 Å². The third-order valence-corrected chi connectivity index (χ3v) is 6.10. The summed E-state index contributed by atoms with van der Waals surface area (Å²) < 4.78 is 39.0. The molecule has 0 saturated carbocycles. The lowest BCUT2D eigenvalue weighted by atomic mass is 10.2. The minimum Gasteiger partial charge on any atom is -0.368 e. The van der Waals surface area contributed by atoms with Gasteiger partial charge in [-0.15, -0.1) is 0 Å². The summed E-state index contributed by atoms with van der Waals surface area (Å²) in [5.74, 6) is -0.726. The predicted molar refractivity (Wildman–Crippen MR) is 108 cm³/mol. The Kier molecular flexibility index (Phi) is 5.88. The largest absolute Gasteiger partial charge is 0.368 e. The molecule has 0 N–H and O–H groups in total. The number of sulfonamides is 1. The van der Waals surface area contributed by atoms with Crippen molar-refractivity contribution in [3.63, 3.8) is 0 Å². The SMILES string of the molecule is C[C@@H](C(=O)N1CCN(c2ccccc2)CC1)N(c1ccc(F)cc1)S(C)(=O)=O. The molecule has 0 unspecified atom stereocenters. The second-order valence-corrected chi connectivity index (χ2v) is 8.72. The second kappa shape index (κ2) is 8.18. The molecule has 1 atom stereocenters. The number of rotatable bonds is 5. The van der Waals surface area contributed by atoms with Crippen LogP contribution in [0.4, 0.5) is 15.8 Å². The Balaban J connectivity index is 1.73. The molecule has 3 rings (SSSR count). The summed E-state index contributed by atoms with van der Waals surface area (Å²) in [4.78, 5) is 16.9. The minimum absolute atomic E-state index is 0.262. The minimum atomic E-state index is -3.71. The van der Waals surface area contributed by atoms with Gasteiger partial charge in [-0.3, -0.25) is 9.10 Å². The molecule has 1 saturated heterocycles. The van der Waals surface area contributed by atoms with Gasteiger partial charge < -0.3 is 9.80 Å². The molecule has 1 fully saturated rings. The first kappa shape index (κ1) is 20.1. The Labute approximate surface area is 165 Å². The number of carbonyl (C=O) groups excluding carboxylic acids is 1. The normalized spacial score (nSPS) is 16.0. The highest BCUT2D eigenvalue weighted by atomic mass is 32.2. The number of para-hydroxylation sites is 1. The van der Waals surface area contributed by atoms with Crippen molar-refractivity contribution in [2.75, 3.05) is 41.6 Å². The Bertz CT molecular complexity index is 911. The summed E-state index contributed by atoms with van der Waals surface area (Å²) >= 11 is 0. The quantitative estimate of drug-likeness (QED) is 0.766. The molecule has 150 valence electrons. The van der Waals surface area contributed by atoms with Gasteiger partial charge in [0.25, 0.3) is 0 Å². The van der Waals surface area contributed by atoms with Gasteiger partial charge in [0, 0.05) is 31.9 Å². The molecule has 2 aromatic carbocycles. The molecule has 0 bridgehead atoms. The lowest BCUT2D eigenvalue weighted by Crippen LogP contribution is -2.55. The first-order valence-corrected chi connectivity index (χ1v) is 11.0. The molecule has 1 heterocycles. The van der Waals surface area contributed by atoms with Crippen molar-refractivity contribution in [3.05, 3.63) is 60.4 Å². The molecule has 28 heavy (non-hydrogen) atoms. The molecule has 0 spiro atoms. The molecule has 1 amide bonds. The fourth-order valence-corrected chi connectivity index (χ4v) is 4.65. The van der Waals surface area contributed by atoms with E-state index in [0.717, 1.165) is 16.2 Å². The second-order valence-electron chi connectivity index (χ2n) is 6.86. The Morgan fingerprint density at radius 2 is 1.57 bits per heavy atom. The van der Waals surface area contributed by atoms with Gasteiger partial charge in [0.15, 0.2) is 0 Å². The van der Waals surface area contributed by atoms with E-state index in [4.69, 9.17) is 0 Å². The number of hydrogen-bond donors (Lipinski definition) is 0. The van der Waals surface area contributed by atoms with Crippen LogP contribution in [0.3, 0.4) is 0 Å². The highest BCUT2D eigenvalue weighted by Crippen LogP contribution is 2.23. The Hall–Kier alpha value is -2.61. The number of piperazine rings is 1. The average molecular weight is 405 g/mol. The van der Waals surface area contributed by atoms with Gasteiger partial charge in [0.05, 0.1) is 11.9 Å². The Morgan fingerprint density at radius 3 is 2.11 bits per heavy atom. The molecule has 2 aromatic rings. The van der Waals surface area contributed by atoms with Crippen LogP contribution in [0.2, 0.25) is 0 Å². The van der Waals surface area contributed by atoms with Crippen LogP contribution in [0.25, 0.3) is 0 Å². The zero-order chi connectivity index (χ0) is 20.3. The molecular formula is C20H24FN3O3S. The van der Waals surface area contributed by atoms with Crippen LogP contribution in [-0.2, 0) is 14.8 Å². The summed E-state index contributed by atoms with van der Waals surface area (Å²) in [5.41, 5.74) is 1.37. The lowest BCUT2D eigenvalue weighted by Gasteiger charge is -2.39. The monoisotopic (exact) mass is 405 g/mol. The topological polar surface area (TPSA) is 60.9 Å². The maximum atomic E-state index is 13.2. The predicted octanol–water partition coefficient (Wildman–Crippen LogP) is 2.33. The molecule has 0 radical (unpaired) electrons. The van der Waals surface area contributed by atoms with Crippen molar-refractivity contribution < 1.29 is 17.6 Å². The Morgan fingerprint density at radius 1 is 1.00 bits per heavy atom.